The van der Waals surface area contributed by atoms with E-state index in [0.29, 0.717) is 5.39 Å². The van der Waals surface area contributed by atoms with Crippen LogP contribution >= 0.6 is 0 Å². The van der Waals surface area contributed by atoms with Crippen LogP contribution in [0.2, 0.25) is 0 Å². The molecule has 82 valence electrons. The molecule has 2 aromatic rings. The molecule has 5 heteroatoms. The SMILES string of the molecule is C=Cc1cccc2c(S(=O)(=O)[O-])cccc12.[Na+]. The molecule has 17 heavy (non-hydrogen) atoms. The fourth-order valence-corrected chi connectivity index (χ4v) is 2.39. The maximum absolute atomic E-state index is 11.1. The van der Waals surface area contributed by atoms with E-state index in [-0.39, 0.29) is 34.5 Å². The Morgan fingerprint density at radius 2 is 1.65 bits per heavy atom. The molecule has 0 unspecified atom stereocenters. The van der Waals surface area contributed by atoms with E-state index in [1.54, 1.807) is 30.3 Å². The molecule has 0 amide bonds. The molecule has 0 aromatic heterocycles. The van der Waals surface area contributed by atoms with Gasteiger partial charge in [-0.25, -0.2) is 8.42 Å². The van der Waals surface area contributed by atoms with Crippen LogP contribution in [0.3, 0.4) is 0 Å². The third-order valence-electron chi connectivity index (χ3n) is 2.41. The van der Waals surface area contributed by atoms with Crippen molar-refractivity contribution in [3.8, 4) is 0 Å². The first-order valence-corrected chi connectivity index (χ1v) is 6.05. The molecule has 2 aromatic carbocycles. The van der Waals surface area contributed by atoms with E-state index in [4.69, 9.17) is 0 Å². The van der Waals surface area contributed by atoms with Gasteiger partial charge in [0.05, 0.1) is 4.90 Å². The van der Waals surface area contributed by atoms with Gasteiger partial charge in [-0.15, -0.1) is 0 Å². The monoisotopic (exact) mass is 256 g/mol. The quantitative estimate of drug-likeness (QED) is 0.532. The molecule has 0 spiro atoms. The minimum Gasteiger partial charge on any atom is -0.744 e. The molecule has 0 aliphatic rings. The molecule has 0 aliphatic carbocycles. The van der Waals surface area contributed by atoms with Gasteiger partial charge in [0, 0.05) is 0 Å². The van der Waals surface area contributed by atoms with E-state index in [1.807, 2.05) is 6.07 Å². The maximum Gasteiger partial charge on any atom is 1.00 e. The molecule has 3 nitrogen and oxygen atoms in total. The van der Waals surface area contributed by atoms with Crippen LogP contribution in [0.1, 0.15) is 5.56 Å². The van der Waals surface area contributed by atoms with E-state index in [0.717, 1.165) is 10.9 Å². The Kier molecular flexibility index (Phi) is 4.52. The van der Waals surface area contributed by atoms with Crippen molar-refractivity contribution in [3.63, 3.8) is 0 Å². The summed E-state index contributed by atoms with van der Waals surface area (Å²) in [4.78, 5) is -0.186. The molecular weight excluding hydrogens is 247 g/mol. The van der Waals surface area contributed by atoms with Gasteiger partial charge in [-0.2, -0.15) is 0 Å². The Balaban J connectivity index is 0.00000144. The van der Waals surface area contributed by atoms with Crippen LogP contribution in [0.15, 0.2) is 47.9 Å². The molecule has 2 rings (SSSR count). The first kappa shape index (κ1) is 14.4. The van der Waals surface area contributed by atoms with E-state index in [1.165, 1.54) is 6.07 Å². The fraction of sp³-hybridized carbons (Fsp3) is 0. The van der Waals surface area contributed by atoms with Crippen molar-refractivity contribution in [1.82, 2.24) is 0 Å². The Morgan fingerprint density at radius 3 is 2.24 bits per heavy atom. The standard InChI is InChI=1S/C12H10O3S.Na/c1-2-9-5-3-7-11-10(9)6-4-8-12(11)16(13,14)15;/h2-8H,1H2,(H,13,14,15);/q;+1/p-1. The first-order valence-electron chi connectivity index (χ1n) is 4.64. The smallest absolute Gasteiger partial charge is 0.744 e. The van der Waals surface area contributed by atoms with E-state index in [2.05, 4.69) is 6.58 Å². The van der Waals surface area contributed by atoms with Crippen molar-refractivity contribution in [2.24, 2.45) is 0 Å². The van der Waals surface area contributed by atoms with Crippen LogP contribution in [0, 0.1) is 0 Å². The second-order valence-corrected chi connectivity index (χ2v) is 4.70. The van der Waals surface area contributed by atoms with Crippen LogP contribution in [0.25, 0.3) is 16.8 Å². The van der Waals surface area contributed by atoms with E-state index in [9.17, 15) is 13.0 Å². The summed E-state index contributed by atoms with van der Waals surface area (Å²) in [5.74, 6) is 0. The Hall–Kier alpha value is -0.650. The molecule has 0 radical (unpaired) electrons. The predicted octanol–water partition coefficient (Wildman–Crippen LogP) is -0.609. The molecular formula is C12H9NaO3S. The predicted molar refractivity (Wildman–Crippen MR) is 62.0 cm³/mol. The topological polar surface area (TPSA) is 57.2 Å². The second kappa shape index (κ2) is 5.33. The summed E-state index contributed by atoms with van der Waals surface area (Å²) in [7, 11) is -4.44. The average molecular weight is 256 g/mol. The van der Waals surface area contributed by atoms with Crippen molar-refractivity contribution in [3.05, 3.63) is 48.5 Å². The summed E-state index contributed by atoms with van der Waals surface area (Å²) in [6.45, 7) is 3.65. The van der Waals surface area contributed by atoms with Gasteiger partial charge in [-0.05, 0) is 22.4 Å². The summed E-state index contributed by atoms with van der Waals surface area (Å²) in [6.07, 6.45) is 1.63. The van der Waals surface area contributed by atoms with Crippen LogP contribution in [0.4, 0.5) is 0 Å². The number of hydrogen-bond donors (Lipinski definition) is 0. The van der Waals surface area contributed by atoms with Crippen molar-refractivity contribution in [2.45, 2.75) is 4.90 Å². The zero-order valence-corrected chi connectivity index (χ0v) is 12.2. The molecule has 0 heterocycles. The van der Waals surface area contributed by atoms with Gasteiger partial charge >= 0.3 is 29.6 Å². The molecule has 0 bridgehead atoms. The molecule has 0 saturated carbocycles. The van der Waals surface area contributed by atoms with Crippen LogP contribution in [-0.4, -0.2) is 13.0 Å². The van der Waals surface area contributed by atoms with E-state index >= 15 is 0 Å². The number of rotatable bonds is 2. The van der Waals surface area contributed by atoms with Gasteiger partial charge in [0.2, 0.25) is 0 Å². The Bertz CT molecular complexity index is 663. The second-order valence-electron chi connectivity index (χ2n) is 3.36. The number of hydrogen-bond acceptors (Lipinski definition) is 3. The molecule has 0 saturated heterocycles. The molecule has 0 N–H and O–H groups in total. The normalized spacial score (nSPS) is 10.9. The van der Waals surface area contributed by atoms with Gasteiger partial charge in [0.1, 0.15) is 10.1 Å². The Morgan fingerprint density at radius 1 is 1.06 bits per heavy atom. The number of fused-ring (bicyclic) bond motifs is 1. The zero-order chi connectivity index (χ0) is 11.8. The van der Waals surface area contributed by atoms with E-state index < -0.39 is 10.1 Å². The summed E-state index contributed by atoms with van der Waals surface area (Å²) in [6, 6.07) is 9.77. The van der Waals surface area contributed by atoms with Gasteiger partial charge in [-0.1, -0.05) is 43.0 Å². The van der Waals surface area contributed by atoms with Gasteiger partial charge in [-0.3, -0.25) is 0 Å². The molecule has 0 fully saturated rings. The van der Waals surface area contributed by atoms with Crippen LogP contribution < -0.4 is 29.6 Å². The number of benzene rings is 2. The summed E-state index contributed by atoms with van der Waals surface area (Å²) >= 11 is 0. The zero-order valence-electron chi connectivity index (χ0n) is 9.38. The minimum absolute atomic E-state index is 0. The van der Waals surface area contributed by atoms with Crippen LogP contribution in [-0.2, 0) is 10.1 Å². The van der Waals surface area contributed by atoms with Crippen molar-refractivity contribution in [1.29, 1.82) is 0 Å². The first-order chi connectivity index (χ1) is 7.54. The molecule has 0 atom stereocenters. The molecule has 0 aliphatic heterocycles. The average Bonchev–Trinajstić information content (AvgIpc) is 2.26. The Labute approximate surface area is 122 Å². The van der Waals surface area contributed by atoms with Crippen molar-refractivity contribution in [2.75, 3.05) is 0 Å². The van der Waals surface area contributed by atoms with Gasteiger partial charge < -0.3 is 4.55 Å². The minimum atomic E-state index is -4.44. The third kappa shape index (κ3) is 2.78. The fourth-order valence-electron chi connectivity index (χ4n) is 1.70. The summed E-state index contributed by atoms with van der Waals surface area (Å²) in [5.41, 5.74) is 0.808. The largest absolute Gasteiger partial charge is 1.00 e. The summed E-state index contributed by atoms with van der Waals surface area (Å²) in [5, 5.41) is 1.16. The van der Waals surface area contributed by atoms with Crippen molar-refractivity contribution < 1.29 is 42.5 Å². The van der Waals surface area contributed by atoms with Crippen LogP contribution in [0.5, 0.6) is 0 Å². The third-order valence-corrected chi connectivity index (χ3v) is 3.30. The summed E-state index contributed by atoms with van der Waals surface area (Å²) < 4.78 is 33.2. The van der Waals surface area contributed by atoms with Gasteiger partial charge in [0.15, 0.2) is 0 Å². The maximum atomic E-state index is 11.1. The van der Waals surface area contributed by atoms with Gasteiger partial charge in [0.25, 0.3) is 0 Å². The van der Waals surface area contributed by atoms with Crippen molar-refractivity contribution >= 4 is 27.0 Å².